The first-order valence-electron chi connectivity index (χ1n) is 11.0. The molecule has 0 fully saturated rings. The van der Waals surface area contributed by atoms with Crippen LogP contribution in [0, 0.1) is 0 Å². The van der Waals surface area contributed by atoms with Crippen LogP contribution in [0.15, 0.2) is 64.5 Å². The van der Waals surface area contributed by atoms with Crippen LogP contribution >= 0.6 is 0 Å². The van der Waals surface area contributed by atoms with Crippen molar-refractivity contribution in [1.29, 1.82) is 0 Å². The van der Waals surface area contributed by atoms with E-state index in [9.17, 15) is 5.11 Å². The Balaban J connectivity index is 1.15. The molecule has 174 valence electrons. The highest BCUT2D eigenvalue weighted by Gasteiger charge is 2.31. The lowest BCUT2D eigenvalue weighted by Gasteiger charge is -2.37. The molecule has 0 amide bonds. The number of nitrogens with zero attached hydrogens (tertiary/aromatic N) is 4. The second-order valence-corrected chi connectivity index (χ2v) is 7.99. The monoisotopic (exact) mass is 462 g/mol. The van der Waals surface area contributed by atoms with Gasteiger partial charge in [-0.2, -0.15) is 4.99 Å². The van der Waals surface area contributed by atoms with Crippen molar-refractivity contribution in [3.63, 3.8) is 0 Å². The number of aliphatic hydroxyl groups is 1. The van der Waals surface area contributed by atoms with Gasteiger partial charge in [0.1, 0.15) is 25.2 Å². The standard InChI is InChI=1S/C24H22N4O6/c29-24-27-21(32-12-17-13-33-23-20(34-17)2-1-6-26-23)11-19-18-4-3-16(10-15(18)5-8-28(19)24)31-14-22-25-7-9-30-22/h1-4,6-7,9-11,17,24,29H,5,8,12-14H2/t17-,24?/m1/s1. The average molecular weight is 462 g/mol. The predicted octanol–water partition coefficient (Wildman–Crippen LogP) is 2.39. The molecule has 3 aliphatic heterocycles. The number of hydrogen-bond donors (Lipinski definition) is 1. The molecule has 3 aromatic rings. The molecule has 0 bridgehead atoms. The summed E-state index contributed by atoms with van der Waals surface area (Å²) in [6.45, 7) is 1.44. The molecule has 1 unspecified atom stereocenters. The van der Waals surface area contributed by atoms with Gasteiger partial charge in [-0.1, -0.05) is 0 Å². The van der Waals surface area contributed by atoms with Crippen LogP contribution in [0.1, 0.15) is 17.0 Å². The molecule has 0 aliphatic carbocycles. The summed E-state index contributed by atoms with van der Waals surface area (Å²) in [5, 5.41) is 10.6. The van der Waals surface area contributed by atoms with E-state index in [1.807, 2.05) is 29.2 Å². The van der Waals surface area contributed by atoms with Gasteiger partial charge in [-0.3, -0.25) is 0 Å². The Kier molecular flexibility index (Phi) is 5.27. The molecule has 3 aliphatic rings. The fourth-order valence-corrected chi connectivity index (χ4v) is 4.14. The molecule has 6 rings (SSSR count). The summed E-state index contributed by atoms with van der Waals surface area (Å²) in [4.78, 5) is 14.3. The van der Waals surface area contributed by atoms with E-state index in [2.05, 4.69) is 15.0 Å². The molecule has 5 heterocycles. The number of aromatic nitrogens is 2. The van der Waals surface area contributed by atoms with Gasteiger partial charge in [-0.15, -0.1) is 0 Å². The van der Waals surface area contributed by atoms with Crippen LogP contribution in [-0.2, 0) is 17.8 Å². The van der Waals surface area contributed by atoms with Gasteiger partial charge in [-0.05, 0) is 42.3 Å². The fraction of sp³-hybridized carbons (Fsp3) is 0.292. The van der Waals surface area contributed by atoms with E-state index in [0.29, 0.717) is 36.6 Å². The van der Waals surface area contributed by atoms with Crippen LogP contribution in [0.4, 0.5) is 0 Å². The molecule has 1 N–H and O–H groups in total. The van der Waals surface area contributed by atoms with Crippen LogP contribution in [0.2, 0.25) is 0 Å². The van der Waals surface area contributed by atoms with Crippen LogP contribution in [-0.4, -0.2) is 58.1 Å². The Morgan fingerprint density at radius 2 is 2.12 bits per heavy atom. The van der Waals surface area contributed by atoms with E-state index >= 15 is 0 Å². The van der Waals surface area contributed by atoms with Gasteiger partial charge in [0.05, 0.1) is 11.9 Å². The first-order valence-corrected chi connectivity index (χ1v) is 11.0. The van der Waals surface area contributed by atoms with Crippen molar-refractivity contribution in [3.05, 3.63) is 72.1 Å². The van der Waals surface area contributed by atoms with Gasteiger partial charge in [0.15, 0.2) is 18.5 Å². The van der Waals surface area contributed by atoms with Gasteiger partial charge in [-0.25, -0.2) is 9.97 Å². The number of pyridine rings is 1. The lowest BCUT2D eigenvalue weighted by molar-refractivity contribution is 0.0348. The van der Waals surface area contributed by atoms with Crippen molar-refractivity contribution in [1.82, 2.24) is 14.9 Å². The molecule has 10 heteroatoms. The number of aliphatic imine (C=N–C) groups is 1. The molecule has 2 aromatic heterocycles. The number of aliphatic hydroxyl groups excluding tert-OH is 1. The van der Waals surface area contributed by atoms with E-state index in [4.69, 9.17) is 23.4 Å². The smallest absolute Gasteiger partial charge is 0.257 e. The van der Waals surface area contributed by atoms with Gasteiger partial charge in [0.25, 0.3) is 5.88 Å². The molecule has 0 spiro atoms. The van der Waals surface area contributed by atoms with Crippen molar-refractivity contribution in [2.24, 2.45) is 4.99 Å². The summed E-state index contributed by atoms with van der Waals surface area (Å²) in [5.41, 5.74) is 2.98. The van der Waals surface area contributed by atoms with Gasteiger partial charge < -0.3 is 33.4 Å². The third kappa shape index (κ3) is 4.03. The van der Waals surface area contributed by atoms with E-state index in [1.54, 1.807) is 24.5 Å². The molecule has 2 atom stereocenters. The number of oxazole rings is 1. The van der Waals surface area contributed by atoms with E-state index in [1.165, 1.54) is 6.26 Å². The van der Waals surface area contributed by atoms with Gasteiger partial charge in [0, 0.05) is 24.4 Å². The van der Waals surface area contributed by atoms with E-state index in [-0.39, 0.29) is 19.3 Å². The van der Waals surface area contributed by atoms with E-state index < -0.39 is 6.35 Å². The number of ether oxygens (including phenoxy) is 4. The highest BCUT2D eigenvalue weighted by atomic mass is 16.6. The van der Waals surface area contributed by atoms with Crippen molar-refractivity contribution in [2.45, 2.75) is 25.5 Å². The molecule has 0 saturated heterocycles. The maximum Gasteiger partial charge on any atom is 0.257 e. The lowest BCUT2D eigenvalue weighted by atomic mass is 9.95. The minimum Gasteiger partial charge on any atom is -0.484 e. The van der Waals surface area contributed by atoms with Crippen molar-refractivity contribution in [3.8, 4) is 17.4 Å². The molecule has 10 nitrogen and oxygen atoms in total. The molecular formula is C24H22N4O6. The highest BCUT2D eigenvalue weighted by molar-refractivity contribution is 5.97. The first-order chi connectivity index (χ1) is 16.7. The third-order valence-corrected chi connectivity index (χ3v) is 5.76. The molecular weight excluding hydrogens is 440 g/mol. The zero-order valence-corrected chi connectivity index (χ0v) is 18.2. The summed E-state index contributed by atoms with van der Waals surface area (Å²) in [6.07, 6.45) is 6.04. The predicted molar refractivity (Wildman–Crippen MR) is 119 cm³/mol. The highest BCUT2D eigenvalue weighted by Crippen LogP contribution is 2.35. The largest absolute Gasteiger partial charge is 0.484 e. The first kappa shape index (κ1) is 20.5. The maximum atomic E-state index is 10.6. The molecule has 34 heavy (non-hydrogen) atoms. The topological polar surface area (TPSA) is 112 Å². The normalized spacial score (nSPS) is 20.6. The van der Waals surface area contributed by atoms with Crippen molar-refractivity contribution < 1.29 is 28.5 Å². The number of rotatable bonds is 5. The minimum atomic E-state index is -1.02. The molecule has 0 saturated carbocycles. The lowest BCUT2D eigenvalue weighted by Crippen LogP contribution is -2.41. The second kappa shape index (κ2) is 8.71. The quantitative estimate of drug-likeness (QED) is 0.611. The average Bonchev–Trinajstić information content (AvgIpc) is 3.39. The van der Waals surface area contributed by atoms with Crippen LogP contribution < -0.4 is 14.2 Å². The van der Waals surface area contributed by atoms with Crippen LogP contribution in [0.5, 0.6) is 17.4 Å². The van der Waals surface area contributed by atoms with Crippen molar-refractivity contribution in [2.75, 3.05) is 19.8 Å². The maximum absolute atomic E-state index is 10.6. The van der Waals surface area contributed by atoms with Gasteiger partial charge in [0.2, 0.25) is 18.1 Å². The Labute approximate surface area is 195 Å². The Bertz CT molecular complexity index is 1240. The minimum absolute atomic E-state index is 0.226. The second-order valence-electron chi connectivity index (χ2n) is 7.99. The zero-order valence-electron chi connectivity index (χ0n) is 18.2. The number of benzene rings is 1. The molecule has 0 radical (unpaired) electrons. The number of hydrogen-bond acceptors (Lipinski definition) is 10. The third-order valence-electron chi connectivity index (χ3n) is 5.76. The Morgan fingerprint density at radius 3 is 3.03 bits per heavy atom. The molecule has 1 aromatic carbocycles. The van der Waals surface area contributed by atoms with Crippen LogP contribution in [0.3, 0.4) is 0 Å². The zero-order chi connectivity index (χ0) is 22.9. The van der Waals surface area contributed by atoms with E-state index in [0.717, 1.165) is 29.0 Å². The summed E-state index contributed by atoms with van der Waals surface area (Å²) in [6, 6.07) is 9.47. The SMILES string of the molecule is OC1N=C(OC[C@@H]2COc3ncccc3O2)C=C2c3ccc(OCc4ncco4)cc3CCN21. The Morgan fingerprint density at radius 1 is 1.15 bits per heavy atom. The summed E-state index contributed by atoms with van der Waals surface area (Å²) in [7, 11) is 0. The van der Waals surface area contributed by atoms with Crippen molar-refractivity contribution >= 4 is 11.6 Å². The summed E-state index contributed by atoms with van der Waals surface area (Å²) >= 11 is 0. The summed E-state index contributed by atoms with van der Waals surface area (Å²) < 4.78 is 28.4. The number of fused-ring (bicyclic) bond motifs is 4. The summed E-state index contributed by atoms with van der Waals surface area (Å²) in [5.74, 6) is 2.66. The Hall–Kier alpha value is -4.05. The van der Waals surface area contributed by atoms with Crippen LogP contribution in [0.25, 0.3) is 5.70 Å². The van der Waals surface area contributed by atoms with Gasteiger partial charge >= 0.3 is 0 Å². The fourth-order valence-electron chi connectivity index (χ4n) is 4.14.